The molecule has 90 valence electrons. The van der Waals surface area contributed by atoms with Crippen LogP contribution in [0, 0.1) is 10.4 Å². The van der Waals surface area contributed by atoms with Gasteiger partial charge in [0.25, 0.3) is 0 Å². The molecule has 0 N–H and O–H groups in total. The number of hydroxylamine groups is 4. The second-order valence-corrected chi connectivity index (χ2v) is 3.63. The number of carbonyl (C=O) groups excluding carboxylic acids is 1. The molecule has 6 heteroatoms. The molecule has 0 radical (unpaired) electrons. The zero-order chi connectivity index (χ0) is 11.3. The van der Waals surface area contributed by atoms with Crippen molar-refractivity contribution in [3.8, 4) is 0 Å². The summed E-state index contributed by atoms with van der Waals surface area (Å²) < 4.78 is 0. The van der Waals surface area contributed by atoms with Gasteiger partial charge < -0.3 is 27.6 Å². The molecule has 0 unspecified atom stereocenters. The van der Waals surface area contributed by atoms with Gasteiger partial charge in [0.2, 0.25) is 0 Å². The average Bonchev–Trinajstić information content (AvgIpc) is 2.16. The first-order valence-electron chi connectivity index (χ1n) is 4.82. The zero-order valence-electron chi connectivity index (χ0n) is 9.77. The quantitative estimate of drug-likeness (QED) is 0.375. The summed E-state index contributed by atoms with van der Waals surface area (Å²) >= 11 is 0. The Bertz CT molecular complexity index is 333. The first-order valence-corrected chi connectivity index (χ1v) is 4.82. The number of ketones is 1. The van der Waals surface area contributed by atoms with Crippen molar-refractivity contribution < 1.29 is 22.0 Å². The van der Waals surface area contributed by atoms with E-state index < -0.39 is 4.81 Å². The van der Waals surface area contributed by atoms with Gasteiger partial charge in [0, 0.05) is 5.56 Å². The Kier molecular flexibility index (Phi) is 9.98. The van der Waals surface area contributed by atoms with Gasteiger partial charge in [-0.25, -0.2) is 0 Å². The van der Waals surface area contributed by atoms with Crippen LogP contribution >= 0.6 is 0 Å². The standard InChI is InChI=1S/C11H14NO3.ClH.Mg/c1-10(13)7-8-12(14,15)9-11-5-3-2-4-6-11;;/h2-6H,7-9H2,1H3;1H;/q-1;;+2/p-1. The number of hydrogen-bond acceptors (Lipinski definition) is 3. The number of rotatable bonds is 5. The van der Waals surface area contributed by atoms with Crippen molar-refractivity contribution in [1.82, 2.24) is 0 Å². The molecular weight excluding hydrogens is 254 g/mol. The third-order valence-electron chi connectivity index (χ3n) is 2.07. The Hall–Kier alpha value is -0.174. The Labute approximate surface area is 123 Å². The molecule has 0 heterocycles. The van der Waals surface area contributed by atoms with E-state index in [4.69, 9.17) is 0 Å². The summed E-state index contributed by atoms with van der Waals surface area (Å²) in [5.74, 6) is -0.128. The van der Waals surface area contributed by atoms with Crippen molar-refractivity contribution >= 4 is 28.8 Å². The van der Waals surface area contributed by atoms with Gasteiger partial charge >= 0.3 is 23.1 Å². The first kappa shape index (κ1) is 19.2. The molecule has 4 nitrogen and oxygen atoms in total. The molecule has 0 aliphatic rings. The Balaban J connectivity index is 0. The molecule has 1 aromatic rings. The topological polar surface area (TPSA) is 63.2 Å². The molecule has 0 atom stereocenters. The molecule has 0 aliphatic carbocycles. The first-order chi connectivity index (χ1) is 6.99. The SMILES string of the molecule is CC(=O)CC[N+]([O-])([O-])Cc1ccccc1.[Cl-].[Mg+2]. The number of hydrogen-bond donors (Lipinski definition) is 0. The number of benzene rings is 1. The average molecular weight is 268 g/mol. The van der Waals surface area contributed by atoms with E-state index in [9.17, 15) is 15.2 Å². The third kappa shape index (κ3) is 8.54. The molecule has 17 heavy (non-hydrogen) atoms. The summed E-state index contributed by atoms with van der Waals surface area (Å²) in [6.07, 6.45) is 0.0415. The van der Waals surface area contributed by atoms with E-state index in [1.54, 1.807) is 24.3 Å². The summed E-state index contributed by atoms with van der Waals surface area (Å²) in [7, 11) is 0. The van der Waals surface area contributed by atoms with Crippen LogP contribution in [0.3, 0.4) is 0 Å². The van der Waals surface area contributed by atoms with Crippen LogP contribution in [0.1, 0.15) is 18.9 Å². The maximum absolute atomic E-state index is 11.4. The summed E-state index contributed by atoms with van der Waals surface area (Å²) in [6, 6.07) is 8.84. The number of Topliss-reactive ketones (excluding diaryl/α,β-unsaturated/α-hetero) is 1. The van der Waals surface area contributed by atoms with Crippen LogP contribution in [-0.2, 0) is 11.3 Å². The van der Waals surface area contributed by atoms with E-state index in [0.29, 0.717) is 5.56 Å². The van der Waals surface area contributed by atoms with Gasteiger partial charge in [-0.05, 0) is 6.92 Å². The fourth-order valence-electron chi connectivity index (χ4n) is 1.27. The van der Waals surface area contributed by atoms with Crippen LogP contribution in [0.5, 0.6) is 0 Å². The van der Waals surface area contributed by atoms with E-state index >= 15 is 0 Å². The number of halogens is 1. The summed E-state index contributed by atoms with van der Waals surface area (Å²) in [4.78, 5) is 9.02. The van der Waals surface area contributed by atoms with Crippen LogP contribution in [-0.4, -0.2) is 40.2 Å². The van der Waals surface area contributed by atoms with Crippen molar-refractivity contribution in [2.24, 2.45) is 0 Å². The number of carbonyl (C=O) groups is 1. The maximum atomic E-state index is 11.4. The summed E-state index contributed by atoms with van der Waals surface area (Å²) in [5.41, 5.74) is 0.700. The van der Waals surface area contributed by atoms with Gasteiger partial charge in [0.05, 0.1) is 13.0 Å². The molecule has 0 aromatic heterocycles. The predicted octanol–water partition coefficient (Wildman–Crippen LogP) is -1.40. The monoisotopic (exact) mass is 267 g/mol. The number of quaternary nitrogens is 1. The second-order valence-electron chi connectivity index (χ2n) is 3.63. The van der Waals surface area contributed by atoms with E-state index in [-0.39, 0.29) is 60.8 Å². The van der Waals surface area contributed by atoms with Gasteiger partial charge in [-0.15, -0.1) is 0 Å². The van der Waals surface area contributed by atoms with Crippen molar-refractivity contribution in [2.75, 3.05) is 6.54 Å². The van der Waals surface area contributed by atoms with E-state index in [0.717, 1.165) is 0 Å². The van der Waals surface area contributed by atoms with Gasteiger partial charge in [0.15, 0.2) is 0 Å². The Morgan fingerprint density at radius 1 is 1.24 bits per heavy atom. The third-order valence-corrected chi connectivity index (χ3v) is 2.07. The fourth-order valence-corrected chi connectivity index (χ4v) is 1.27. The van der Waals surface area contributed by atoms with Gasteiger partial charge in [-0.2, -0.15) is 0 Å². The van der Waals surface area contributed by atoms with E-state index in [2.05, 4.69) is 0 Å². The molecule has 0 saturated carbocycles. The van der Waals surface area contributed by atoms with Gasteiger partial charge in [0.1, 0.15) is 12.3 Å². The van der Waals surface area contributed by atoms with Crippen LogP contribution in [0.15, 0.2) is 30.3 Å². The van der Waals surface area contributed by atoms with E-state index in [1.807, 2.05) is 6.07 Å². The van der Waals surface area contributed by atoms with E-state index in [1.165, 1.54) is 6.92 Å². The van der Waals surface area contributed by atoms with Crippen LogP contribution in [0.4, 0.5) is 0 Å². The fraction of sp³-hybridized carbons (Fsp3) is 0.364. The smallest absolute Gasteiger partial charge is 1.00 e. The minimum Gasteiger partial charge on any atom is -1.00 e. The van der Waals surface area contributed by atoms with Crippen LogP contribution in [0.25, 0.3) is 0 Å². The van der Waals surface area contributed by atoms with Crippen molar-refractivity contribution in [3.63, 3.8) is 0 Å². The number of nitrogens with zero attached hydrogens (tertiary/aromatic N) is 1. The van der Waals surface area contributed by atoms with Crippen molar-refractivity contribution in [1.29, 1.82) is 0 Å². The minimum absolute atomic E-state index is 0. The zero-order valence-corrected chi connectivity index (χ0v) is 11.9. The molecule has 0 spiro atoms. The van der Waals surface area contributed by atoms with Crippen molar-refractivity contribution in [2.45, 2.75) is 19.9 Å². The van der Waals surface area contributed by atoms with Crippen LogP contribution in [0.2, 0.25) is 0 Å². The predicted molar refractivity (Wildman–Crippen MR) is 63.1 cm³/mol. The Morgan fingerprint density at radius 2 is 1.76 bits per heavy atom. The molecular formula is C11H14ClMgNO3. The van der Waals surface area contributed by atoms with Gasteiger partial charge in [-0.3, -0.25) is 4.79 Å². The maximum Gasteiger partial charge on any atom is 2.00 e. The molecule has 1 aromatic carbocycles. The normalized spacial score (nSPS) is 10.1. The molecule has 0 fully saturated rings. The summed E-state index contributed by atoms with van der Waals surface area (Å²) in [6.45, 7) is 1.04. The van der Waals surface area contributed by atoms with Crippen molar-refractivity contribution in [3.05, 3.63) is 46.3 Å². The minimum atomic E-state index is -1.64. The summed E-state index contributed by atoms with van der Waals surface area (Å²) in [5, 5.41) is 22.8. The van der Waals surface area contributed by atoms with Crippen LogP contribution < -0.4 is 12.4 Å². The molecule has 0 saturated heterocycles. The largest absolute Gasteiger partial charge is 2.00 e. The second kappa shape index (κ2) is 8.85. The molecule has 1 rings (SSSR count). The Morgan fingerprint density at radius 3 is 2.24 bits per heavy atom. The molecule has 0 aliphatic heterocycles. The molecule has 0 bridgehead atoms. The van der Waals surface area contributed by atoms with Gasteiger partial charge in [-0.1, -0.05) is 30.3 Å². The molecule has 0 amide bonds.